The van der Waals surface area contributed by atoms with Crippen molar-refractivity contribution in [1.82, 2.24) is 0 Å². The number of aryl methyl sites for hydroxylation is 2. The van der Waals surface area contributed by atoms with E-state index in [1.165, 1.54) is 44.5 Å². The molecule has 5 aromatic carbocycles. The molecule has 1 aromatic heterocycles. The van der Waals surface area contributed by atoms with Crippen LogP contribution in [0.2, 0.25) is 0 Å². The zero-order chi connectivity index (χ0) is 22.4. The molecule has 0 radical (unpaired) electrons. The first-order chi connectivity index (χ1) is 16.2. The maximum Gasteiger partial charge on any atom is 0.135 e. The number of hydrogen-bond acceptors (Lipinski definition) is 1. The zero-order valence-corrected chi connectivity index (χ0v) is 18.8. The fraction of sp³-hybridized carbons (Fsp3) is 0.0625. The highest BCUT2D eigenvalue weighted by Crippen LogP contribution is 2.35. The van der Waals surface area contributed by atoms with Gasteiger partial charge in [-0.2, -0.15) is 0 Å². The van der Waals surface area contributed by atoms with Gasteiger partial charge in [0.1, 0.15) is 11.2 Å². The molecule has 1 heterocycles. The third-order valence-electron chi connectivity index (χ3n) is 6.58. The summed E-state index contributed by atoms with van der Waals surface area (Å²) in [5.74, 6) is 0. The molecule has 6 rings (SSSR count). The fourth-order valence-electron chi connectivity index (χ4n) is 4.75. The van der Waals surface area contributed by atoms with Gasteiger partial charge in [0.25, 0.3) is 0 Å². The van der Waals surface area contributed by atoms with Gasteiger partial charge in [0.15, 0.2) is 0 Å². The summed E-state index contributed by atoms with van der Waals surface area (Å²) in [6.45, 7) is 4.37. The molecule has 0 atom stereocenters. The first-order valence-electron chi connectivity index (χ1n) is 11.4. The molecule has 0 saturated heterocycles. The van der Waals surface area contributed by atoms with E-state index in [4.69, 9.17) is 4.42 Å². The molecule has 0 amide bonds. The third-order valence-corrected chi connectivity index (χ3v) is 6.58. The minimum atomic E-state index is 0.928. The molecule has 33 heavy (non-hydrogen) atoms. The van der Waals surface area contributed by atoms with Crippen LogP contribution in [0.15, 0.2) is 114 Å². The number of para-hydroxylation sites is 1. The molecule has 0 fully saturated rings. The molecule has 0 N–H and O–H groups in total. The van der Waals surface area contributed by atoms with Crippen LogP contribution in [-0.2, 0) is 0 Å². The van der Waals surface area contributed by atoms with E-state index in [0.717, 1.165) is 21.9 Å². The molecule has 0 aliphatic carbocycles. The van der Waals surface area contributed by atoms with Gasteiger partial charge in [-0.3, -0.25) is 0 Å². The minimum absolute atomic E-state index is 0.928. The summed E-state index contributed by atoms with van der Waals surface area (Å²) in [4.78, 5) is 0. The standard InChI is InChI=1S/C32H24O/c1-21-8-3-4-11-27(21)29-19-25(15-14-22(29)2)23-9-7-10-24(18-23)26-16-17-32-30(20-26)28-12-5-6-13-31(28)33-32/h3-20H,1-2H3. The van der Waals surface area contributed by atoms with Crippen LogP contribution < -0.4 is 0 Å². The number of fused-ring (bicyclic) bond motifs is 3. The Labute approximate surface area is 193 Å². The van der Waals surface area contributed by atoms with Crippen molar-refractivity contribution >= 4 is 21.9 Å². The predicted molar refractivity (Wildman–Crippen MR) is 140 cm³/mol. The van der Waals surface area contributed by atoms with E-state index in [2.05, 4.69) is 111 Å². The van der Waals surface area contributed by atoms with Crippen LogP contribution in [0.1, 0.15) is 11.1 Å². The van der Waals surface area contributed by atoms with Crippen molar-refractivity contribution < 1.29 is 4.42 Å². The summed E-state index contributed by atoms with van der Waals surface area (Å²) in [6.07, 6.45) is 0. The lowest BCUT2D eigenvalue weighted by atomic mass is 9.92. The molecule has 0 bridgehead atoms. The van der Waals surface area contributed by atoms with E-state index < -0.39 is 0 Å². The van der Waals surface area contributed by atoms with Crippen molar-refractivity contribution in [2.45, 2.75) is 13.8 Å². The molecule has 0 saturated carbocycles. The Balaban J connectivity index is 1.45. The molecule has 1 nitrogen and oxygen atoms in total. The summed E-state index contributed by atoms with van der Waals surface area (Å²) in [6, 6.07) is 38.9. The maximum atomic E-state index is 6.01. The Morgan fingerprint density at radius 1 is 0.424 bits per heavy atom. The quantitative estimate of drug-likeness (QED) is 0.276. The second-order valence-corrected chi connectivity index (χ2v) is 8.73. The lowest BCUT2D eigenvalue weighted by Gasteiger charge is -2.13. The molecule has 158 valence electrons. The van der Waals surface area contributed by atoms with Gasteiger partial charge >= 0.3 is 0 Å². The summed E-state index contributed by atoms with van der Waals surface area (Å²) < 4.78 is 6.01. The van der Waals surface area contributed by atoms with E-state index in [1.807, 2.05) is 12.1 Å². The van der Waals surface area contributed by atoms with Crippen LogP contribution >= 0.6 is 0 Å². The predicted octanol–water partition coefficient (Wildman–Crippen LogP) is 9.20. The largest absolute Gasteiger partial charge is 0.456 e. The van der Waals surface area contributed by atoms with Gasteiger partial charge in [0.05, 0.1) is 0 Å². The van der Waals surface area contributed by atoms with E-state index in [1.54, 1.807) is 0 Å². The lowest BCUT2D eigenvalue weighted by Crippen LogP contribution is -1.89. The first-order valence-corrected chi connectivity index (χ1v) is 11.4. The monoisotopic (exact) mass is 424 g/mol. The number of rotatable bonds is 3. The molecular formula is C32H24O. The van der Waals surface area contributed by atoms with Crippen molar-refractivity contribution in [3.63, 3.8) is 0 Å². The van der Waals surface area contributed by atoms with Gasteiger partial charge in [-0.15, -0.1) is 0 Å². The molecule has 0 spiro atoms. The molecular weight excluding hydrogens is 400 g/mol. The summed E-state index contributed by atoms with van der Waals surface area (Å²) in [5, 5.41) is 2.32. The fourth-order valence-corrected chi connectivity index (χ4v) is 4.75. The SMILES string of the molecule is Cc1ccccc1-c1cc(-c2cccc(-c3ccc4oc5ccccc5c4c3)c2)ccc1C. The van der Waals surface area contributed by atoms with Gasteiger partial charge < -0.3 is 4.42 Å². The highest BCUT2D eigenvalue weighted by atomic mass is 16.3. The van der Waals surface area contributed by atoms with Crippen molar-refractivity contribution in [1.29, 1.82) is 0 Å². The highest BCUT2D eigenvalue weighted by Gasteiger charge is 2.10. The van der Waals surface area contributed by atoms with E-state index in [0.29, 0.717) is 0 Å². The number of benzene rings is 5. The number of hydrogen-bond donors (Lipinski definition) is 0. The van der Waals surface area contributed by atoms with Crippen LogP contribution in [-0.4, -0.2) is 0 Å². The molecule has 0 aliphatic rings. The van der Waals surface area contributed by atoms with Crippen molar-refractivity contribution in [3.8, 4) is 33.4 Å². The second kappa shape index (κ2) is 7.79. The average Bonchev–Trinajstić information content (AvgIpc) is 3.23. The summed E-state index contributed by atoms with van der Waals surface area (Å²) in [7, 11) is 0. The minimum Gasteiger partial charge on any atom is -0.456 e. The molecule has 1 heteroatoms. The third kappa shape index (κ3) is 3.43. The Bertz CT molecular complexity index is 1630. The van der Waals surface area contributed by atoms with Crippen molar-refractivity contribution in [2.24, 2.45) is 0 Å². The van der Waals surface area contributed by atoms with Crippen molar-refractivity contribution in [3.05, 3.63) is 120 Å². The topological polar surface area (TPSA) is 13.1 Å². The smallest absolute Gasteiger partial charge is 0.135 e. The molecule has 0 unspecified atom stereocenters. The zero-order valence-electron chi connectivity index (χ0n) is 18.8. The second-order valence-electron chi connectivity index (χ2n) is 8.73. The number of furan rings is 1. The van der Waals surface area contributed by atoms with Gasteiger partial charge in [-0.1, -0.05) is 78.9 Å². The van der Waals surface area contributed by atoms with Gasteiger partial charge in [0.2, 0.25) is 0 Å². The molecule has 0 aliphatic heterocycles. The van der Waals surface area contributed by atoms with Crippen molar-refractivity contribution in [2.75, 3.05) is 0 Å². The van der Waals surface area contributed by atoms with E-state index in [-0.39, 0.29) is 0 Å². The first kappa shape index (κ1) is 19.6. The average molecular weight is 425 g/mol. The lowest BCUT2D eigenvalue weighted by molar-refractivity contribution is 0.669. The van der Waals surface area contributed by atoms with Gasteiger partial charge in [-0.05, 0) is 88.7 Å². The summed E-state index contributed by atoms with van der Waals surface area (Å²) in [5.41, 5.74) is 11.9. The highest BCUT2D eigenvalue weighted by molar-refractivity contribution is 6.06. The maximum absolute atomic E-state index is 6.01. The van der Waals surface area contributed by atoms with E-state index >= 15 is 0 Å². The normalized spacial score (nSPS) is 11.3. The van der Waals surface area contributed by atoms with Crippen LogP contribution in [0.25, 0.3) is 55.3 Å². The van der Waals surface area contributed by atoms with Gasteiger partial charge in [0, 0.05) is 10.8 Å². The van der Waals surface area contributed by atoms with E-state index in [9.17, 15) is 0 Å². The van der Waals surface area contributed by atoms with Crippen LogP contribution in [0.5, 0.6) is 0 Å². The Hall–Kier alpha value is -4.10. The Morgan fingerprint density at radius 2 is 1.06 bits per heavy atom. The Kier molecular flexibility index (Phi) is 4.62. The summed E-state index contributed by atoms with van der Waals surface area (Å²) >= 11 is 0. The van der Waals surface area contributed by atoms with Gasteiger partial charge in [-0.25, -0.2) is 0 Å². The Morgan fingerprint density at radius 3 is 1.91 bits per heavy atom. The molecule has 6 aromatic rings. The van der Waals surface area contributed by atoms with Crippen LogP contribution in [0.4, 0.5) is 0 Å². The van der Waals surface area contributed by atoms with Crippen LogP contribution in [0.3, 0.4) is 0 Å². The van der Waals surface area contributed by atoms with Crippen LogP contribution in [0, 0.1) is 13.8 Å².